The van der Waals surface area contributed by atoms with Crippen LogP contribution in [-0.4, -0.2) is 36.0 Å². The van der Waals surface area contributed by atoms with Crippen LogP contribution in [-0.2, 0) is 22.6 Å². The second-order valence-electron chi connectivity index (χ2n) is 7.18. The summed E-state index contributed by atoms with van der Waals surface area (Å²) in [6, 6.07) is 17.5. The minimum atomic E-state index is -0.789. The monoisotopic (exact) mass is 368 g/mol. The number of carbonyl (C=O) groups excluding carboxylic acids is 2. The molecular weight excluding hydrogens is 344 g/mol. The highest BCUT2D eigenvalue weighted by atomic mass is 16.5. The van der Waals surface area contributed by atoms with Crippen molar-refractivity contribution in [2.75, 3.05) is 14.1 Å². The molecule has 2 unspecified atom stereocenters. The Labute approximate surface area is 158 Å². The van der Waals surface area contributed by atoms with Gasteiger partial charge in [0.2, 0.25) is 11.8 Å². The summed E-state index contributed by atoms with van der Waals surface area (Å²) in [7, 11) is 3.35. The molecule has 6 heteroatoms. The quantitative estimate of drug-likeness (QED) is 0.581. The number of rotatable bonds is 7. The molecule has 1 fully saturated rings. The van der Waals surface area contributed by atoms with E-state index in [0.29, 0.717) is 19.4 Å². The zero-order valence-corrected chi connectivity index (χ0v) is 15.5. The Morgan fingerprint density at radius 3 is 2.37 bits per heavy atom. The van der Waals surface area contributed by atoms with Gasteiger partial charge in [0, 0.05) is 14.1 Å². The molecule has 0 bridgehead atoms. The Balaban J connectivity index is 1.67. The van der Waals surface area contributed by atoms with Crippen LogP contribution in [0.1, 0.15) is 17.5 Å². The van der Waals surface area contributed by atoms with Crippen LogP contribution < -0.4 is 10.2 Å². The Bertz CT molecular complexity index is 805. The van der Waals surface area contributed by atoms with Gasteiger partial charge in [0.15, 0.2) is 0 Å². The molecule has 0 heterocycles. The Morgan fingerprint density at radius 1 is 1.11 bits per heavy atom. The van der Waals surface area contributed by atoms with Crippen molar-refractivity contribution in [3.05, 3.63) is 65.7 Å². The van der Waals surface area contributed by atoms with Crippen LogP contribution >= 0.6 is 0 Å². The summed E-state index contributed by atoms with van der Waals surface area (Å²) < 4.78 is 5.78. The molecule has 2 aromatic rings. The molecule has 1 saturated carbocycles. The van der Waals surface area contributed by atoms with Crippen molar-refractivity contribution in [1.82, 2.24) is 10.4 Å². The van der Waals surface area contributed by atoms with Crippen molar-refractivity contribution in [2.45, 2.75) is 19.4 Å². The summed E-state index contributed by atoms with van der Waals surface area (Å²) in [6.45, 7) is 0.488. The van der Waals surface area contributed by atoms with E-state index in [0.717, 1.165) is 16.9 Å². The predicted octanol–water partition coefficient (Wildman–Crippen LogP) is 2.41. The number of benzene rings is 2. The maximum absolute atomic E-state index is 12.6. The summed E-state index contributed by atoms with van der Waals surface area (Å²) in [6.07, 6.45) is 0.879. The average Bonchev–Trinajstić information content (AvgIpc) is 3.42. The first-order chi connectivity index (χ1) is 13.0. The maximum atomic E-state index is 12.6. The number of nitrogens with zero attached hydrogens (tertiary/aromatic N) is 1. The van der Waals surface area contributed by atoms with Crippen molar-refractivity contribution in [2.24, 2.45) is 11.3 Å². The van der Waals surface area contributed by atoms with Gasteiger partial charge in [-0.15, -0.1) is 0 Å². The summed E-state index contributed by atoms with van der Waals surface area (Å²) in [5.41, 5.74) is 2.92. The molecule has 0 radical (unpaired) electrons. The molecule has 2 N–H and O–H groups in total. The molecule has 142 valence electrons. The van der Waals surface area contributed by atoms with Gasteiger partial charge in [0.25, 0.3) is 0 Å². The molecule has 0 aliphatic heterocycles. The molecule has 2 atom stereocenters. The molecule has 27 heavy (non-hydrogen) atoms. The topological polar surface area (TPSA) is 78.9 Å². The zero-order chi connectivity index (χ0) is 19.4. The van der Waals surface area contributed by atoms with Gasteiger partial charge < -0.3 is 9.64 Å². The van der Waals surface area contributed by atoms with E-state index in [-0.39, 0.29) is 5.91 Å². The van der Waals surface area contributed by atoms with E-state index in [1.54, 1.807) is 19.6 Å². The van der Waals surface area contributed by atoms with Gasteiger partial charge in [-0.2, -0.15) is 0 Å². The lowest BCUT2D eigenvalue weighted by molar-refractivity contribution is -0.139. The van der Waals surface area contributed by atoms with Gasteiger partial charge in [-0.1, -0.05) is 42.5 Å². The smallest absolute Gasteiger partial charge is 0.247 e. The van der Waals surface area contributed by atoms with E-state index in [2.05, 4.69) is 0 Å². The van der Waals surface area contributed by atoms with Crippen molar-refractivity contribution >= 4 is 11.8 Å². The fraction of sp³-hybridized carbons (Fsp3) is 0.333. The van der Waals surface area contributed by atoms with E-state index < -0.39 is 17.2 Å². The first kappa shape index (κ1) is 18.9. The van der Waals surface area contributed by atoms with Crippen LogP contribution in [0.2, 0.25) is 0 Å². The molecule has 0 aromatic heterocycles. The Morgan fingerprint density at radius 2 is 1.78 bits per heavy atom. The second kappa shape index (κ2) is 7.80. The summed E-state index contributed by atoms with van der Waals surface area (Å²) in [5.74, 6) is -0.365. The number of amides is 2. The number of hydrogen-bond acceptors (Lipinski definition) is 4. The summed E-state index contributed by atoms with van der Waals surface area (Å²) >= 11 is 0. The Kier molecular flexibility index (Phi) is 5.46. The maximum Gasteiger partial charge on any atom is 0.247 e. The van der Waals surface area contributed by atoms with Gasteiger partial charge in [0.1, 0.15) is 12.4 Å². The molecule has 2 aromatic carbocycles. The van der Waals surface area contributed by atoms with Crippen LogP contribution in [0.5, 0.6) is 5.75 Å². The van der Waals surface area contributed by atoms with E-state index in [1.807, 2.05) is 54.6 Å². The van der Waals surface area contributed by atoms with E-state index in [1.165, 1.54) is 4.90 Å². The van der Waals surface area contributed by atoms with Crippen molar-refractivity contribution in [1.29, 1.82) is 0 Å². The highest BCUT2D eigenvalue weighted by molar-refractivity contribution is 5.95. The molecule has 6 nitrogen and oxygen atoms in total. The molecule has 2 amide bonds. The third-order valence-electron chi connectivity index (χ3n) is 5.03. The number of carbonyl (C=O) groups is 2. The normalized spacial score (nSPS) is 20.6. The zero-order valence-electron chi connectivity index (χ0n) is 15.5. The minimum Gasteiger partial charge on any atom is -0.489 e. The standard InChI is InChI=1S/C21H24N2O4/c1-23(2)20(25)21(13-18(21)19(24)22-26)12-15-8-10-17(11-9-15)27-14-16-6-4-3-5-7-16/h3-11,18,26H,12-14H2,1-2H3,(H,22,24). The van der Waals surface area contributed by atoms with Crippen molar-refractivity contribution in [3.63, 3.8) is 0 Å². The van der Waals surface area contributed by atoms with Gasteiger partial charge in [0.05, 0.1) is 11.3 Å². The van der Waals surface area contributed by atoms with Crippen LogP contribution in [0.25, 0.3) is 0 Å². The van der Waals surface area contributed by atoms with Crippen molar-refractivity contribution in [3.8, 4) is 5.75 Å². The van der Waals surface area contributed by atoms with Gasteiger partial charge in [-0.25, -0.2) is 5.48 Å². The first-order valence-electron chi connectivity index (χ1n) is 8.87. The molecule has 1 aliphatic carbocycles. The van der Waals surface area contributed by atoms with Crippen LogP contribution in [0.15, 0.2) is 54.6 Å². The summed E-state index contributed by atoms with van der Waals surface area (Å²) in [5, 5.41) is 8.91. The largest absolute Gasteiger partial charge is 0.489 e. The molecule has 3 rings (SSSR count). The fourth-order valence-electron chi connectivity index (χ4n) is 3.49. The SMILES string of the molecule is CN(C)C(=O)C1(Cc2ccc(OCc3ccccc3)cc2)CC1C(=O)NO. The number of nitrogens with one attached hydrogen (secondary N) is 1. The second-order valence-corrected chi connectivity index (χ2v) is 7.18. The van der Waals surface area contributed by atoms with E-state index >= 15 is 0 Å². The van der Waals surface area contributed by atoms with E-state index in [9.17, 15) is 9.59 Å². The van der Waals surface area contributed by atoms with E-state index in [4.69, 9.17) is 9.94 Å². The van der Waals surface area contributed by atoms with Gasteiger partial charge in [-0.3, -0.25) is 14.8 Å². The molecule has 0 saturated heterocycles. The number of hydroxylamine groups is 1. The fourth-order valence-corrected chi connectivity index (χ4v) is 3.49. The van der Waals surface area contributed by atoms with Crippen LogP contribution in [0, 0.1) is 11.3 Å². The lowest BCUT2D eigenvalue weighted by Gasteiger charge is -2.21. The molecule has 1 aliphatic rings. The van der Waals surface area contributed by atoms with Crippen LogP contribution in [0.3, 0.4) is 0 Å². The third-order valence-corrected chi connectivity index (χ3v) is 5.03. The molecule has 0 spiro atoms. The predicted molar refractivity (Wildman–Crippen MR) is 100 cm³/mol. The first-order valence-corrected chi connectivity index (χ1v) is 8.87. The lowest BCUT2D eigenvalue weighted by atomic mass is 9.92. The summed E-state index contributed by atoms with van der Waals surface area (Å²) in [4.78, 5) is 26.0. The lowest BCUT2D eigenvalue weighted by Crippen LogP contribution is -2.36. The Hall–Kier alpha value is -2.86. The highest BCUT2D eigenvalue weighted by Gasteiger charge is 2.63. The minimum absolute atomic E-state index is 0.0968. The number of ether oxygens (including phenoxy) is 1. The number of hydrogen-bond donors (Lipinski definition) is 2. The molecular formula is C21H24N2O4. The average molecular weight is 368 g/mol. The van der Waals surface area contributed by atoms with Gasteiger partial charge in [-0.05, 0) is 36.1 Å². The van der Waals surface area contributed by atoms with Gasteiger partial charge >= 0.3 is 0 Å². The highest BCUT2D eigenvalue weighted by Crippen LogP contribution is 2.56. The van der Waals surface area contributed by atoms with Crippen molar-refractivity contribution < 1.29 is 19.5 Å². The third kappa shape index (κ3) is 4.11. The van der Waals surface area contributed by atoms with Crippen LogP contribution in [0.4, 0.5) is 0 Å².